The van der Waals surface area contributed by atoms with Crippen LogP contribution in [-0.4, -0.2) is 34.9 Å². The Hall–Kier alpha value is -3.15. The maximum absolute atomic E-state index is 5.19. The van der Waals surface area contributed by atoms with Crippen LogP contribution in [0.15, 0.2) is 54.7 Å². The third kappa shape index (κ3) is 3.69. The van der Waals surface area contributed by atoms with Crippen LogP contribution in [0.1, 0.15) is 18.1 Å². The first kappa shape index (κ1) is 17.3. The Morgan fingerprint density at radius 3 is 2.78 bits per heavy atom. The summed E-state index contributed by atoms with van der Waals surface area (Å²) in [5.74, 6) is 2.25. The van der Waals surface area contributed by atoms with Crippen LogP contribution >= 0.6 is 0 Å². The Balaban J connectivity index is 1.43. The van der Waals surface area contributed by atoms with Gasteiger partial charge in [-0.1, -0.05) is 30.3 Å². The van der Waals surface area contributed by atoms with Crippen molar-refractivity contribution in [1.29, 1.82) is 0 Å². The summed E-state index contributed by atoms with van der Waals surface area (Å²) in [7, 11) is 1.67. The number of aromatic nitrogens is 3. The predicted molar refractivity (Wildman–Crippen MR) is 107 cm³/mol. The minimum atomic E-state index is 0.353. The van der Waals surface area contributed by atoms with Crippen LogP contribution in [0, 0.1) is 0 Å². The summed E-state index contributed by atoms with van der Waals surface area (Å²) in [4.78, 5) is 6.92. The van der Waals surface area contributed by atoms with Crippen molar-refractivity contribution in [2.24, 2.45) is 0 Å². The third-order valence-corrected chi connectivity index (χ3v) is 4.86. The molecule has 3 aromatic rings. The van der Waals surface area contributed by atoms with E-state index in [1.54, 1.807) is 13.3 Å². The van der Waals surface area contributed by atoms with Gasteiger partial charge in [-0.3, -0.25) is 0 Å². The molecule has 4 rings (SSSR count). The number of methoxy groups -OCH3 is 1. The van der Waals surface area contributed by atoms with E-state index in [1.165, 1.54) is 16.8 Å². The van der Waals surface area contributed by atoms with Crippen molar-refractivity contribution in [2.45, 2.75) is 25.8 Å². The lowest BCUT2D eigenvalue weighted by Gasteiger charge is -2.23. The zero-order valence-electron chi connectivity index (χ0n) is 15.6. The number of para-hydroxylation sites is 1. The first-order valence-corrected chi connectivity index (χ1v) is 9.18. The smallest absolute Gasteiger partial charge is 0.244 e. The van der Waals surface area contributed by atoms with Crippen molar-refractivity contribution in [2.75, 3.05) is 23.9 Å². The highest BCUT2D eigenvalue weighted by molar-refractivity contribution is 5.68. The van der Waals surface area contributed by atoms with E-state index in [0.29, 0.717) is 12.0 Å². The summed E-state index contributed by atoms with van der Waals surface area (Å²) in [5, 5.41) is 11.6. The molecular formula is C21H23N5O. The van der Waals surface area contributed by atoms with Crippen LogP contribution < -0.4 is 15.0 Å². The van der Waals surface area contributed by atoms with Crippen molar-refractivity contribution in [3.05, 3.63) is 65.9 Å². The second kappa shape index (κ2) is 7.61. The molecule has 138 valence electrons. The maximum atomic E-state index is 5.19. The molecule has 2 aromatic carbocycles. The standard InChI is InChI=1S/C21H23N5O/c1-15-13-17-5-3-4-6-19(17)26(15)20-14-23-25-21(24-20)22-12-11-16-7-9-18(27-2)10-8-16/h3-10,14-15H,11-13H2,1-2H3,(H,22,24,25). The van der Waals surface area contributed by atoms with E-state index in [4.69, 9.17) is 4.74 Å². The van der Waals surface area contributed by atoms with Crippen LogP contribution in [-0.2, 0) is 12.8 Å². The molecule has 0 saturated heterocycles. The molecule has 6 nitrogen and oxygen atoms in total. The molecule has 1 aromatic heterocycles. The molecule has 1 atom stereocenters. The van der Waals surface area contributed by atoms with Crippen LogP contribution in [0.3, 0.4) is 0 Å². The molecule has 0 amide bonds. The largest absolute Gasteiger partial charge is 0.497 e. The molecule has 1 unspecified atom stereocenters. The molecule has 1 aliphatic heterocycles. The summed E-state index contributed by atoms with van der Waals surface area (Å²) >= 11 is 0. The van der Waals surface area contributed by atoms with Crippen molar-refractivity contribution < 1.29 is 4.74 Å². The molecule has 0 saturated carbocycles. The number of nitrogens with zero attached hydrogens (tertiary/aromatic N) is 4. The van der Waals surface area contributed by atoms with Gasteiger partial charge in [0, 0.05) is 18.3 Å². The van der Waals surface area contributed by atoms with Gasteiger partial charge in [0.25, 0.3) is 0 Å². The SMILES string of the molecule is COc1ccc(CCNc2nncc(N3c4ccccc4CC3C)n2)cc1. The Morgan fingerprint density at radius 2 is 1.96 bits per heavy atom. The van der Waals surface area contributed by atoms with Gasteiger partial charge in [0.15, 0.2) is 5.82 Å². The fourth-order valence-corrected chi connectivity index (χ4v) is 3.51. The average Bonchev–Trinajstić information content (AvgIpc) is 3.04. The van der Waals surface area contributed by atoms with E-state index < -0.39 is 0 Å². The Morgan fingerprint density at radius 1 is 1.15 bits per heavy atom. The van der Waals surface area contributed by atoms with Crippen LogP contribution in [0.5, 0.6) is 5.75 Å². The van der Waals surface area contributed by atoms with E-state index in [2.05, 4.69) is 68.7 Å². The topological polar surface area (TPSA) is 63.2 Å². The Kier molecular flexibility index (Phi) is 4.87. The van der Waals surface area contributed by atoms with Crippen LogP contribution in [0.4, 0.5) is 17.5 Å². The van der Waals surface area contributed by atoms with Gasteiger partial charge in [0.2, 0.25) is 5.95 Å². The first-order chi connectivity index (χ1) is 13.2. The van der Waals surface area contributed by atoms with Gasteiger partial charge in [-0.15, -0.1) is 5.10 Å². The number of rotatable bonds is 6. The monoisotopic (exact) mass is 361 g/mol. The lowest BCUT2D eigenvalue weighted by molar-refractivity contribution is 0.414. The summed E-state index contributed by atoms with van der Waals surface area (Å²) in [5.41, 5.74) is 3.78. The van der Waals surface area contributed by atoms with E-state index >= 15 is 0 Å². The molecule has 0 fully saturated rings. The van der Waals surface area contributed by atoms with Gasteiger partial charge in [0.05, 0.1) is 13.3 Å². The molecule has 27 heavy (non-hydrogen) atoms. The highest BCUT2D eigenvalue weighted by Crippen LogP contribution is 2.36. The van der Waals surface area contributed by atoms with E-state index in [9.17, 15) is 0 Å². The summed E-state index contributed by atoms with van der Waals surface area (Å²) in [6.07, 6.45) is 3.62. The summed E-state index contributed by atoms with van der Waals surface area (Å²) < 4.78 is 5.19. The maximum Gasteiger partial charge on any atom is 0.244 e. The van der Waals surface area contributed by atoms with Crippen molar-refractivity contribution >= 4 is 17.5 Å². The lowest BCUT2D eigenvalue weighted by Crippen LogP contribution is -2.25. The molecule has 6 heteroatoms. The van der Waals surface area contributed by atoms with E-state index in [-0.39, 0.29) is 0 Å². The van der Waals surface area contributed by atoms with E-state index in [1.807, 2.05) is 12.1 Å². The molecule has 1 aliphatic rings. The summed E-state index contributed by atoms with van der Waals surface area (Å²) in [6.45, 7) is 2.95. The van der Waals surface area contributed by atoms with E-state index in [0.717, 1.165) is 31.0 Å². The molecule has 0 aliphatic carbocycles. The quantitative estimate of drug-likeness (QED) is 0.723. The van der Waals surface area contributed by atoms with Crippen molar-refractivity contribution in [3.63, 3.8) is 0 Å². The van der Waals surface area contributed by atoms with Gasteiger partial charge in [0.1, 0.15) is 5.75 Å². The number of ether oxygens (including phenoxy) is 1. The number of fused-ring (bicyclic) bond motifs is 1. The number of benzene rings is 2. The second-order valence-electron chi connectivity index (χ2n) is 6.71. The second-order valence-corrected chi connectivity index (χ2v) is 6.71. The molecule has 0 bridgehead atoms. The molecular weight excluding hydrogens is 338 g/mol. The van der Waals surface area contributed by atoms with Crippen molar-refractivity contribution in [1.82, 2.24) is 15.2 Å². The van der Waals surface area contributed by atoms with Gasteiger partial charge < -0.3 is 15.0 Å². The first-order valence-electron chi connectivity index (χ1n) is 9.18. The summed E-state index contributed by atoms with van der Waals surface area (Å²) in [6, 6.07) is 16.9. The third-order valence-electron chi connectivity index (χ3n) is 4.86. The number of anilines is 3. The highest BCUT2D eigenvalue weighted by Gasteiger charge is 2.28. The van der Waals surface area contributed by atoms with Gasteiger partial charge in [-0.2, -0.15) is 10.1 Å². The lowest BCUT2D eigenvalue weighted by atomic mass is 10.1. The normalized spacial score (nSPS) is 15.5. The minimum absolute atomic E-state index is 0.353. The molecule has 1 N–H and O–H groups in total. The van der Waals surface area contributed by atoms with Gasteiger partial charge >= 0.3 is 0 Å². The molecule has 2 heterocycles. The predicted octanol–water partition coefficient (Wildman–Crippen LogP) is 3.62. The number of nitrogens with one attached hydrogen (secondary N) is 1. The zero-order chi connectivity index (χ0) is 18.6. The average molecular weight is 361 g/mol. The van der Waals surface area contributed by atoms with Crippen LogP contribution in [0.25, 0.3) is 0 Å². The molecule has 0 spiro atoms. The zero-order valence-corrected chi connectivity index (χ0v) is 15.6. The Labute approximate surface area is 159 Å². The van der Waals surface area contributed by atoms with Crippen molar-refractivity contribution in [3.8, 4) is 5.75 Å². The van der Waals surface area contributed by atoms with Gasteiger partial charge in [-0.05, 0) is 49.1 Å². The number of hydrogen-bond acceptors (Lipinski definition) is 6. The number of hydrogen-bond donors (Lipinski definition) is 1. The fourth-order valence-electron chi connectivity index (χ4n) is 3.51. The highest BCUT2D eigenvalue weighted by atomic mass is 16.5. The fraction of sp³-hybridized carbons (Fsp3) is 0.286. The molecule has 0 radical (unpaired) electrons. The van der Waals surface area contributed by atoms with Crippen LogP contribution in [0.2, 0.25) is 0 Å². The van der Waals surface area contributed by atoms with Gasteiger partial charge in [-0.25, -0.2) is 0 Å². The minimum Gasteiger partial charge on any atom is -0.497 e. The Bertz CT molecular complexity index is 912.